The van der Waals surface area contributed by atoms with Gasteiger partial charge in [-0.15, -0.1) is 0 Å². The summed E-state index contributed by atoms with van der Waals surface area (Å²) >= 11 is 2.61. The zero-order chi connectivity index (χ0) is 8.31. The second kappa shape index (κ2) is 3.36. The smallest absolute Gasteiger partial charge is 0.343 e. The lowest BCUT2D eigenvalue weighted by molar-refractivity contribution is -0.135. The van der Waals surface area contributed by atoms with Gasteiger partial charge < -0.3 is 10.2 Å². The van der Waals surface area contributed by atoms with Crippen molar-refractivity contribution in [3.63, 3.8) is 0 Å². The Morgan fingerprint density at radius 1 is 1.20 bits per heavy atom. The summed E-state index contributed by atoms with van der Waals surface area (Å²) in [5.74, 6) is -2.52. The summed E-state index contributed by atoms with van der Waals surface area (Å²) in [5, 5.41) is 16.5. The van der Waals surface area contributed by atoms with E-state index in [9.17, 15) is 9.59 Å². The summed E-state index contributed by atoms with van der Waals surface area (Å²) in [6.45, 7) is 1.21. The van der Waals surface area contributed by atoms with E-state index in [-0.39, 0.29) is 10.1 Å². The lowest BCUT2D eigenvalue weighted by Gasteiger charge is -1.93. The standard InChI is InChI=1S/C5H5BrO4/c1-2(4(7)8)3(6)5(9)10/h1H3,(H,7,8)(H,9,10)/b3-2-. The highest BCUT2D eigenvalue weighted by molar-refractivity contribution is 9.12. The van der Waals surface area contributed by atoms with Crippen LogP contribution in [-0.2, 0) is 9.59 Å². The third kappa shape index (κ3) is 2.18. The van der Waals surface area contributed by atoms with Gasteiger partial charge in [0.05, 0.1) is 5.57 Å². The van der Waals surface area contributed by atoms with Gasteiger partial charge in [-0.1, -0.05) is 0 Å². The van der Waals surface area contributed by atoms with Gasteiger partial charge in [-0.25, -0.2) is 9.59 Å². The molecular weight excluding hydrogens is 204 g/mol. The zero-order valence-corrected chi connectivity index (χ0v) is 6.67. The van der Waals surface area contributed by atoms with Crippen LogP contribution < -0.4 is 0 Å². The fourth-order valence-corrected chi connectivity index (χ4v) is 0.424. The lowest BCUT2D eigenvalue weighted by atomic mass is 10.3. The first-order valence-corrected chi connectivity index (χ1v) is 3.09. The summed E-state index contributed by atoms with van der Waals surface area (Å²) < 4.78 is -0.319. The van der Waals surface area contributed by atoms with Gasteiger partial charge in [0.1, 0.15) is 4.48 Å². The summed E-state index contributed by atoms with van der Waals surface area (Å²) in [4.78, 5) is 20.2. The fourth-order valence-electron chi connectivity index (χ4n) is 0.254. The van der Waals surface area contributed by atoms with E-state index in [1.165, 1.54) is 6.92 Å². The topological polar surface area (TPSA) is 74.6 Å². The van der Waals surface area contributed by atoms with Crippen molar-refractivity contribution in [2.45, 2.75) is 6.92 Å². The highest BCUT2D eigenvalue weighted by Crippen LogP contribution is 2.11. The molecule has 0 rings (SSSR count). The summed E-state index contributed by atoms with van der Waals surface area (Å²) in [6.07, 6.45) is 0. The Bertz CT molecular complexity index is 184. The molecule has 0 aliphatic rings. The number of halogens is 1. The summed E-state index contributed by atoms with van der Waals surface area (Å²) in [5.41, 5.74) is -0.215. The van der Waals surface area contributed by atoms with Crippen molar-refractivity contribution < 1.29 is 19.8 Å². The molecule has 0 amide bonds. The maximum atomic E-state index is 10.1. The third-order valence-electron chi connectivity index (χ3n) is 0.838. The molecule has 0 saturated carbocycles. The van der Waals surface area contributed by atoms with Crippen LogP contribution in [0.1, 0.15) is 6.92 Å². The predicted octanol–water partition coefficient (Wildman–Crippen LogP) is 0.825. The van der Waals surface area contributed by atoms with E-state index < -0.39 is 11.9 Å². The minimum atomic E-state index is -1.28. The van der Waals surface area contributed by atoms with Crippen LogP contribution in [0.2, 0.25) is 0 Å². The first-order valence-electron chi connectivity index (χ1n) is 2.29. The van der Waals surface area contributed by atoms with Crippen LogP contribution in [0.3, 0.4) is 0 Å². The quantitative estimate of drug-likeness (QED) is 0.660. The molecule has 0 bridgehead atoms. The molecule has 0 spiro atoms. The molecule has 0 aromatic rings. The van der Waals surface area contributed by atoms with Gasteiger partial charge >= 0.3 is 11.9 Å². The van der Waals surface area contributed by atoms with E-state index in [1.54, 1.807) is 0 Å². The Morgan fingerprint density at radius 2 is 1.60 bits per heavy atom. The first kappa shape index (κ1) is 9.16. The van der Waals surface area contributed by atoms with E-state index in [0.717, 1.165) is 0 Å². The van der Waals surface area contributed by atoms with Crippen molar-refractivity contribution >= 4 is 27.9 Å². The third-order valence-corrected chi connectivity index (χ3v) is 1.77. The number of rotatable bonds is 2. The molecule has 2 N–H and O–H groups in total. The SMILES string of the molecule is C/C(C(=O)O)=C(/Br)C(=O)O. The van der Waals surface area contributed by atoms with Gasteiger partial charge in [0.2, 0.25) is 0 Å². The molecule has 0 heterocycles. The molecule has 4 nitrogen and oxygen atoms in total. The molecule has 0 aliphatic heterocycles. The largest absolute Gasteiger partial charge is 0.478 e. The Balaban J connectivity index is 4.67. The van der Waals surface area contributed by atoms with Crippen LogP contribution in [0, 0.1) is 0 Å². The summed E-state index contributed by atoms with van der Waals surface area (Å²) in [6, 6.07) is 0. The Kier molecular flexibility index (Phi) is 3.08. The average molecular weight is 209 g/mol. The van der Waals surface area contributed by atoms with Crippen LogP contribution in [0.5, 0.6) is 0 Å². The van der Waals surface area contributed by atoms with Gasteiger partial charge in [0.25, 0.3) is 0 Å². The highest BCUT2D eigenvalue weighted by atomic mass is 79.9. The van der Waals surface area contributed by atoms with Crippen molar-refractivity contribution in [2.75, 3.05) is 0 Å². The van der Waals surface area contributed by atoms with Gasteiger partial charge in [0, 0.05) is 0 Å². The second-order valence-corrected chi connectivity index (χ2v) is 2.34. The maximum absolute atomic E-state index is 10.1. The van der Waals surface area contributed by atoms with Crippen LogP contribution in [0.25, 0.3) is 0 Å². The average Bonchev–Trinajstić information content (AvgIpc) is 1.84. The van der Waals surface area contributed by atoms with E-state index in [1.807, 2.05) is 0 Å². The van der Waals surface area contributed by atoms with Gasteiger partial charge in [-0.3, -0.25) is 0 Å². The molecule has 10 heavy (non-hydrogen) atoms. The highest BCUT2D eigenvalue weighted by Gasteiger charge is 2.11. The van der Waals surface area contributed by atoms with Crippen molar-refractivity contribution in [3.05, 3.63) is 10.1 Å². The van der Waals surface area contributed by atoms with Crippen LogP contribution >= 0.6 is 15.9 Å². The summed E-state index contributed by atoms with van der Waals surface area (Å²) in [7, 11) is 0. The number of carboxylic acid groups (broad SMARTS) is 2. The van der Waals surface area contributed by atoms with Crippen LogP contribution in [0.15, 0.2) is 10.1 Å². The molecule has 0 saturated heterocycles. The van der Waals surface area contributed by atoms with Crippen molar-refractivity contribution in [2.24, 2.45) is 0 Å². The van der Waals surface area contributed by atoms with Crippen molar-refractivity contribution in [3.8, 4) is 0 Å². The molecule has 0 unspecified atom stereocenters. The van der Waals surface area contributed by atoms with Crippen molar-refractivity contribution in [1.82, 2.24) is 0 Å². The monoisotopic (exact) mass is 208 g/mol. The molecule has 0 aliphatic carbocycles. The normalized spacial score (nSPS) is 12.2. The minimum absolute atomic E-state index is 0.215. The number of hydrogen-bond donors (Lipinski definition) is 2. The number of carbonyl (C=O) groups is 2. The van der Waals surface area contributed by atoms with E-state index in [4.69, 9.17) is 10.2 Å². The van der Waals surface area contributed by atoms with E-state index in [0.29, 0.717) is 0 Å². The molecular formula is C5H5BrO4. The van der Waals surface area contributed by atoms with Crippen LogP contribution in [-0.4, -0.2) is 22.2 Å². The Labute approximate surface area is 65.3 Å². The Morgan fingerprint density at radius 3 is 1.70 bits per heavy atom. The van der Waals surface area contributed by atoms with Gasteiger partial charge in [-0.05, 0) is 22.9 Å². The fraction of sp³-hybridized carbons (Fsp3) is 0.200. The zero-order valence-electron chi connectivity index (χ0n) is 5.09. The van der Waals surface area contributed by atoms with Crippen molar-refractivity contribution in [1.29, 1.82) is 0 Å². The molecule has 0 atom stereocenters. The van der Waals surface area contributed by atoms with E-state index >= 15 is 0 Å². The number of hydrogen-bond acceptors (Lipinski definition) is 2. The number of carboxylic acids is 2. The molecule has 0 fully saturated rings. The van der Waals surface area contributed by atoms with Gasteiger partial charge in [0.15, 0.2) is 0 Å². The molecule has 0 aromatic carbocycles. The number of aliphatic carboxylic acids is 2. The predicted molar refractivity (Wildman–Crippen MR) is 36.9 cm³/mol. The lowest BCUT2D eigenvalue weighted by Crippen LogP contribution is -2.04. The molecule has 56 valence electrons. The molecule has 0 aromatic heterocycles. The Hall–Kier alpha value is -0.840. The molecule has 0 radical (unpaired) electrons. The molecule has 5 heteroatoms. The maximum Gasteiger partial charge on any atom is 0.343 e. The first-order chi connectivity index (χ1) is 4.46. The van der Waals surface area contributed by atoms with Gasteiger partial charge in [-0.2, -0.15) is 0 Å². The minimum Gasteiger partial charge on any atom is -0.478 e. The van der Waals surface area contributed by atoms with E-state index in [2.05, 4.69) is 15.9 Å². The second-order valence-electron chi connectivity index (χ2n) is 1.55. The van der Waals surface area contributed by atoms with Crippen LogP contribution in [0.4, 0.5) is 0 Å².